The molecule has 0 aliphatic heterocycles. The summed E-state index contributed by atoms with van der Waals surface area (Å²) in [4.78, 5) is 0. The number of hydrogen-bond acceptors (Lipinski definition) is 1. The van der Waals surface area contributed by atoms with Gasteiger partial charge in [-0.25, -0.2) is 24.3 Å². The van der Waals surface area contributed by atoms with Crippen LogP contribution in [-0.4, -0.2) is 11.7 Å². The van der Waals surface area contributed by atoms with Crippen LogP contribution in [0, 0.1) is 13.8 Å². The molecule has 2 aromatic rings. The average molecular weight is 288 g/mol. The topological polar surface area (TPSA) is 20.2 Å². The van der Waals surface area contributed by atoms with E-state index in [2.05, 4.69) is 38.1 Å². The quantitative estimate of drug-likeness (QED) is 0.550. The van der Waals surface area contributed by atoms with Crippen LogP contribution in [0.3, 0.4) is 0 Å². The van der Waals surface area contributed by atoms with E-state index in [0.717, 1.165) is 0 Å². The number of aryl methyl sites for hydroxylation is 2. The molecule has 1 N–H and O–H groups in total. The minimum absolute atomic E-state index is 0. The monoisotopic (exact) mass is 287 g/mol. The van der Waals surface area contributed by atoms with Gasteiger partial charge in [0.2, 0.25) is 0 Å². The molecule has 0 bridgehead atoms. The molecule has 0 heterocycles. The van der Waals surface area contributed by atoms with Crippen molar-refractivity contribution in [1.82, 2.24) is 0 Å². The predicted molar refractivity (Wildman–Crippen MR) is 66.3 cm³/mol. The molecule has 0 aromatic heterocycles. The molecule has 17 heavy (non-hydrogen) atoms. The molecule has 2 rings (SSSR count). The van der Waals surface area contributed by atoms with Gasteiger partial charge >= 0.3 is 21.7 Å². The van der Waals surface area contributed by atoms with Crippen LogP contribution in [0.1, 0.15) is 18.1 Å². The van der Waals surface area contributed by atoms with Gasteiger partial charge in [0.15, 0.2) is 0 Å². The molecule has 0 aliphatic carbocycles. The molecule has 0 saturated carbocycles. The number of rotatable bonds is 0. The van der Waals surface area contributed by atoms with Gasteiger partial charge in [-0.15, -0.1) is 0 Å². The molecule has 0 aliphatic rings. The SMILES string of the molecule is CCO.C[c-]1cccc1.C[c-]1cccc1.[Cl-].[Ti+3]. The van der Waals surface area contributed by atoms with Crippen LogP contribution in [0.2, 0.25) is 0 Å². The van der Waals surface area contributed by atoms with Crippen LogP contribution < -0.4 is 12.4 Å². The summed E-state index contributed by atoms with van der Waals surface area (Å²) >= 11 is 0. The Hall–Kier alpha value is -0.336. The summed E-state index contributed by atoms with van der Waals surface area (Å²) in [6.07, 6.45) is 0. The largest absolute Gasteiger partial charge is 3.00 e. The van der Waals surface area contributed by atoms with Gasteiger partial charge in [-0.05, 0) is 6.92 Å². The third-order valence-electron chi connectivity index (χ3n) is 1.66. The first kappa shape index (κ1) is 21.9. The molecule has 0 amide bonds. The van der Waals surface area contributed by atoms with E-state index in [0.29, 0.717) is 0 Å². The first-order valence-electron chi connectivity index (χ1n) is 5.18. The summed E-state index contributed by atoms with van der Waals surface area (Å²) in [6, 6.07) is 16.5. The normalized spacial score (nSPS) is 7.29. The third kappa shape index (κ3) is 15.7. The van der Waals surface area contributed by atoms with Crippen molar-refractivity contribution in [2.24, 2.45) is 0 Å². The van der Waals surface area contributed by atoms with Crippen LogP contribution >= 0.6 is 0 Å². The predicted octanol–water partition coefficient (Wildman–Crippen LogP) is 0.428. The molecule has 1 nitrogen and oxygen atoms in total. The van der Waals surface area contributed by atoms with Crippen molar-refractivity contribution in [2.75, 3.05) is 6.61 Å². The van der Waals surface area contributed by atoms with Crippen LogP contribution in [0.15, 0.2) is 48.5 Å². The van der Waals surface area contributed by atoms with E-state index >= 15 is 0 Å². The first-order valence-corrected chi connectivity index (χ1v) is 5.18. The summed E-state index contributed by atoms with van der Waals surface area (Å²) < 4.78 is 0. The fraction of sp³-hybridized carbons (Fsp3) is 0.286. The number of hydrogen-bond donors (Lipinski definition) is 1. The first-order chi connectivity index (χ1) is 7.20. The second kappa shape index (κ2) is 15.7. The Bertz CT molecular complexity index is 269. The molecule has 0 saturated heterocycles. The summed E-state index contributed by atoms with van der Waals surface area (Å²) in [7, 11) is 0. The van der Waals surface area contributed by atoms with Gasteiger partial charge in [-0.1, -0.05) is 13.8 Å². The van der Waals surface area contributed by atoms with Gasteiger partial charge in [-0.2, -0.15) is 35.4 Å². The van der Waals surface area contributed by atoms with Crippen LogP contribution in [0.5, 0.6) is 0 Å². The molecule has 93 valence electrons. The van der Waals surface area contributed by atoms with E-state index in [4.69, 9.17) is 5.11 Å². The molecular formula is C14H20ClOTi. The summed E-state index contributed by atoms with van der Waals surface area (Å²) in [5.74, 6) is 0. The summed E-state index contributed by atoms with van der Waals surface area (Å²) in [5, 5.41) is 7.57. The maximum absolute atomic E-state index is 7.57. The van der Waals surface area contributed by atoms with Gasteiger partial charge in [0.05, 0.1) is 0 Å². The van der Waals surface area contributed by atoms with Gasteiger partial charge in [-0.3, -0.25) is 0 Å². The van der Waals surface area contributed by atoms with E-state index in [-0.39, 0.29) is 40.7 Å². The smallest absolute Gasteiger partial charge is 1.00 e. The zero-order chi connectivity index (χ0) is 11.5. The molecular weight excluding hydrogens is 267 g/mol. The second-order valence-corrected chi connectivity index (χ2v) is 3.24. The Labute approximate surface area is 126 Å². The zero-order valence-corrected chi connectivity index (χ0v) is 13.0. The molecule has 0 fully saturated rings. The van der Waals surface area contributed by atoms with Crippen LogP contribution in [0.25, 0.3) is 0 Å². The molecule has 0 spiro atoms. The maximum Gasteiger partial charge on any atom is 3.00 e. The van der Waals surface area contributed by atoms with E-state index in [1.807, 2.05) is 24.3 Å². The molecule has 0 unspecified atom stereocenters. The van der Waals surface area contributed by atoms with Crippen molar-refractivity contribution in [3.05, 3.63) is 59.7 Å². The van der Waals surface area contributed by atoms with Crippen molar-refractivity contribution < 1.29 is 39.2 Å². The minimum atomic E-state index is 0. The Morgan fingerprint density at radius 1 is 0.824 bits per heavy atom. The Balaban J connectivity index is -0.000000173. The standard InChI is InChI=1S/2C6H7.C2H6O.ClH.Ti/c2*1-6-4-2-3-5-6;1-2-3;;/h2*2-5H,1H3;3H,2H2,1H3;1H;/q2*-1;;;+3/p-1. The fourth-order valence-electron chi connectivity index (χ4n) is 0.940. The third-order valence-corrected chi connectivity index (χ3v) is 1.66. The molecule has 2 aromatic carbocycles. The maximum atomic E-state index is 7.57. The Morgan fingerprint density at radius 2 is 1.00 bits per heavy atom. The number of aliphatic hydroxyl groups is 1. The van der Waals surface area contributed by atoms with E-state index in [1.165, 1.54) is 11.1 Å². The van der Waals surface area contributed by atoms with E-state index < -0.39 is 0 Å². The van der Waals surface area contributed by atoms with Gasteiger partial charge in [0.25, 0.3) is 0 Å². The van der Waals surface area contributed by atoms with Crippen molar-refractivity contribution in [3.63, 3.8) is 0 Å². The van der Waals surface area contributed by atoms with Gasteiger partial charge in [0.1, 0.15) is 0 Å². The fourth-order valence-corrected chi connectivity index (χ4v) is 0.940. The van der Waals surface area contributed by atoms with Crippen molar-refractivity contribution in [1.29, 1.82) is 0 Å². The van der Waals surface area contributed by atoms with Crippen molar-refractivity contribution in [2.45, 2.75) is 20.8 Å². The summed E-state index contributed by atoms with van der Waals surface area (Å²) in [6.45, 7) is 6.10. The molecule has 0 atom stereocenters. The van der Waals surface area contributed by atoms with Crippen molar-refractivity contribution in [3.8, 4) is 0 Å². The molecule has 1 radical (unpaired) electrons. The Morgan fingerprint density at radius 3 is 1.06 bits per heavy atom. The van der Waals surface area contributed by atoms with E-state index in [1.54, 1.807) is 6.92 Å². The summed E-state index contributed by atoms with van der Waals surface area (Å²) in [5.41, 5.74) is 2.69. The second-order valence-electron chi connectivity index (χ2n) is 3.24. The van der Waals surface area contributed by atoms with Gasteiger partial charge in [0, 0.05) is 6.61 Å². The van der Waals surface area contributed by atoms with Gasteiger partial charge < -0.3 is 17.5 Å². The zero-order valence-electron chi connectivity index (χ0n) is 10.7. The molecule has 3 heteroatoms. The Kier molecular flexibility index (Phi) is 20.2. The van der Waals surface area contributed by atoms with Crippen molar-refractivity contribution >= 4 is 0 Å². The minimum Gasteiger partial charge on any atom is -1.00 e. The average Bonchev–Trinajstić information content (AvgIpc) is 2.81. The van der Waals surface area contributed by atoms with Crippen LogP contribution in [0.4, 0.5) is 0 Å². The number of halogens is 1. The van der Waals surface area contributed by atoms with Crippen LogP contribution in [-0.2, 0) is 21.7 Å². The number of aliphatic hydroxyl groups excluding tert-OH is 1. The van der Waals surface area contributed by atoms with E-state index in [9.17, 15) is 0 Å².